The summed E-state index contributed by atoms with van der Waals surface area (Å²) in [7, 11) is 0. The van der Waals surface area contributed by atoms with Crippen molar-refractivity contribution in [3.05, 3.63) is 23.8 Å². The predicted molar refractivity (Wildman–Crippen MR) is 69.1 cm³/mol. The van der Waals surface area contributed by atoms with Crippen LogP contribution in [0, 0.1) is 5.92 Å². The lowest BCUT2D eigenvalue weighted by atomic mass is 10.1. The molecule has 0 saturated heterocycles. The average molecular weight is 251 g/mol. The molecule has 17 heavy (non-hydrogen) atoms. The Morgan fingerprint density at radius 2 is 2.24 bits per heavy atom. The fraction of sp³-hybridized carbons (Fsp3) is 0.545. The lowest BCUT2D eigenvalue weighted by Gasteiger charge is -2.09. The molecule has 0 bridgehead atoms. The molecule has 0 radical (unpaired) electrons. The minimum atomic E-state index is 0.164. The van der Waals surface area contributed by atoms with E-state index in [1.54, 1.807) is 6.20 Å². The molecule has 2 aromatic heterocycles. The van der Waals surface area contributed by atoms with Gasteiger partial charge in [0.25, 0.3) is 0 Å². The van der Waals surface area contributed by atoms with E-state index < -0.39 is 0 Å². The second kappa shape index (κ2) is 5.27. The van der Waals surface area contributed by atoms with Crippen LogP contribution in [0.25, 0.3) is 0 Å². The standard InChI is InChI=1S/C11H17N5S/c1-7(2)6-10-14-11(17-16-10)13-8(3)9-4-5-12-15-9/h4-5,7-8H,6H2,1-3H3,(H,12,15)(H,13,14,16). The average Bonchev–Trinajstić information content (AvgIpc) is 2.87. The summed E-state index contributed by atoms with van der Waals surface area (Å²) < 4.78 is 4.33. The number of nitrogens with zero attached hydrogens (tertiary/aromatic N) is 3. The minimum Gasteiger partial charge on any atom is -0.352 e. The molecule has 0 aliphatic carbocycles. The zero-order valence-corrected chi connectivity index (χ0v) is 11.1. The van der Waals surface area contributed by atoms with Gasteiger partial charge in [-0.2, -0.15) is 9.47 Å². The van der Waals surface area contributed by atoms with E-state index in [2.05, 4.69) is 45.6 Å². The third-order valence-electron chi connectivity index (χ3n) is 2.39. The van der Waals surface area contributed by atoms with Crippen LogP contribution < -0.4 is 5.32 Å². The first kappa shape index (κ1) is 12.0. The van der Waals surface area contributed by atoms with E-state index in [0.29, 0.717) is 5.92 Å². The normalized spacial score (nSPS) is 12.9. The summed E-state index contributed by atoms with van der Waals surface area (Å²) in [4.78, 5) is 4.46. The van der Waals surface area contributed by atoms with Gasteiger partial charge in [-0.05, 0) is 18.9 Å². The molecule has 2 aromatic rings. The van der Waals surface area contributed by atoms with Gasteiger partial charge in [0.15, 0.2) is 0 Å². The fourth-order valence-corrected chi connectivity index (χ4v) is 2.21. The van der Waals surface area contributed by atoms with Crippen molar-refractivity contribution in [1.29, 1.82) is 0 Å². The molecule has 0 aliphatic heterocycles. The Kier molecular flexibility index (Phi) is 3.73. The van der Waals surface area contributed by atoms with Gasteiger partial charge < -0.3 is 5.32 Å². The van der Waals surface area contributed by atoms with Crippen molar-refractivity contribution in [3.63, 3.8) is 0 Å². The predicted octanol–water partition coefficient (Wildman–Crippen LogP) is 2.63. The summed E-state index contributed by atoms with van der Waals surface area (Å²) in [6, 6.07) is 2.12. The quantitative estimate of drug-likeness (QED) is 0.857. The van der Waals surface area contributed by atoms with Crippen LogP contribution >= 0.6 is 11.5 Å². The summed E-state index contributed by atoms with van der Waals surface area (Å²) in [5.41, 5.74) is 1.05. The van der Waals surface area contributed by atoms with Gasteiger partial charge in [-0.3, -0.25) is 5.10 Å². The SMILES string of the molecule is CC(C)Cc1nsc(NC(C)c2ccn[nH]2)n1. The summed E-state index contributed by atoms with van der Waals surface area (Å²) in [6.07, 6.45) is 2.68. The van der Waals surface area contributed by atoms with E-state index in [9.17, 15) is 0 Å². The Balaban J connectivity index is 1.97. The highest BCUT2D eigenvalue weighted by molar-refractivity contribution is 7.09. The van der Waals surface area contributed by atoms with Crippen LogP contribution in [0.3, 0.4) is 0 Å². The van der Waals surface area contributed by atoms with Crippen LogP contribution in [0.15, 0.2) is 12.3 Å². The van der Waals surface area contributed by atoms with Crippen molar-refractivity contribution in [3.8, 4) is 0 Å². The van der Waals surface area contributed by atoms with E-state index in [4.69, 9.17) is 0 Å². The highest BCUT2D eigenvalue weighted by Gasteiger charge is 2.10. The first-order valence-electron chi connectivity index (χ1n) is 5.73. The van der Waals surface area contributed by atoms with Crippen molar-refractivity contribution in [2.75, 3.05) is 5.32 Å². The van der Waals surface area contributed by atoms with Gasteiger partial charge in [0, 0.05) is 24.2 Å². The monoisotopic (exact) mass is 251 g/mol. The molecule has 0 spiro atoms. The molecule has 92 valence electrons. The molecule has 1 unspecified atom stereocenters. The maximum absolute atomic E-state index is 4.46. The number of aromatic nitrogens is 4. The second-order valence-electron chi connectivity index (χ2n) is 4.49. The smallest absolute Gasteiger partial charge is 0.203 e. The van der Waals surface area contributed by atoms with Crippen LogP contribution in [-0.2, 0) is 6.42 Å². The molecule has 5 nitrogen and oxygen atoms in total. The minimum absolute atomic E-state index is 0.164. The number of anilines is 1. The van der Waals surface area contributed by atoms with Crippen molar-refractivity contribution in [2.24, 2.45) is 5.92 Å². The first-order valence-corrected chi connectivity index (χ1v) is 6.51. The number of H-pyrrole nitrogens is 1. The van der Waals surface area contributed by atoms with E-state index in [-0.39, 0.29) is 6.04 Å². The zero-order valence-electron chi connectivity index (χ0n) is 10.3. The number of nitrogens with one attached hydrogen (secondary N) is 2. The Bertz CT molecular complexity index is 448. The topological polar surface area (TPSA) is 66.5 Å². The first-order chi connectivity index (χ1) is 8.15. The number of hydrogen-bond acceptors (Lipinski definition) is 5. The van der Waals surface area contributed by atoms with Crippen molar-refractivity contribution in [2.45, 2.75) is 33.2 Å². The summed E-state index contributed by atoms with van der Waals surface area (Å²) in [6.45, 7) is 6.40. The lowest BCUT2D eigenvalue weighted by molar-refractivity contribution is 0.627. The van der Waals surface area contributed by atoms with Gasteiger partial charge in [-0.15, -0.1) is 0 Å². The van der Waals surface area contributed by atoms with Gasteiger partial charge in [0.1, 0.15) is 5.82 Å². The summed E-state index contributed by atoms with van der Waals surface area (Å²) in [5, 5.41) is 11.0. The fourth-order valence-electron chi connectivity index (χ4n) is 1.53. The maximum Gasteiger partial charge on any atom is 0.203 e. The van der Waals surface area contributed by atoms with Gasteiger partial charge in [0.2, 0.25) is 5.13 Å². The Labute approximate surface area is 105 Å². The highest BCUT2D eigenvalue weighted by Crippen LogP contribution is 2.19. The van der Waals surface area contributed by atoms with E-state index >= 15 is 0 Å². The third-order valence-corrected chi connectivity index (χ3v) is 3.07. The Morgan fingerprint density at radius 3 is 2.88 bits per heavy atom. The molecule has 2 rings (SSSR count). The number of hydrogen-bond donors (Lipinski definition) is 2. The van der Waals surface area contributed by atoms with Crippen LogP contribution in [0.1, 0.15) is 38.3 Å². The summed E-state index contributed by atoms with van der Waals surface area (Å²) in [5.74, 6) is 1.51. The zero-order chi connectivity index (χ0) is 12.3. The molecule has 2 heterocycles. The molecular formula is C11H17N5S. The lowest BCUT2D eigenvalue weighted by Crippen LogP contribution is -2.07. The van der Waals surface area contributed by atoms with Crippen molar-refractivity contribution in [1.82, 2.24) is 19.6 Å². The van der Waals surface area contributed by atoms with Crippen LogP contribution in [-0.4, -0.2) is 19.6 Å². The van der Waals surface area contributed by atoms with E-state index in [0.717, 1.165) is 23.1 Å². The molecule has 1 atom stereocenters. The number of aromatic amines is 1. The molecule has 2 N–H and O–H groups in total. The van der Waals surface area contributed by atoms with Gasteiger partial charge >= 0.3 is 0 Å². The van der Waals surface area contributed by atoms with Crippen molar-refractivity contribution >= 4 is 16.7 Å². The Morgan fingerprint density at radius 1 is 1.41 bits per heavy atom. The van der Waals surface area contributed by atoms with E-state index in [1.165, 1.54) is 11.5 Å². The maximum atomic E-state index is 4.46. The van der Waals surface area contributed by atoms with Crippen LogP contribution in [0.2, 0.25) is 0 Å². The van der Waals surface area contributed by atoms with Crippen LogP contribution in [0.5, 0.6) is 0 Å². The highest BCUT2D eigenvalue weighted by atomic mass is 32.1. The molecule has 6 heteroatoms. The summed E-state index contributed by atoms with van der Waals surface area (Å²) >= 11 is 1.41. The largest absolute Gasteiger partial charge is 0.352 e. The Hall–Kier alpha value is -1.43. The molecule has 0 aliphatic rings. The molecule has 0 fully saturated rings. The molecule has 0 amide bonds. The van der Waals surface area contributed by atoms with Gasteiger partial charge in [-0.1, -0.05) is 13.8 Å². The van der Waals surface area contributed by atoms with Gasteiger partial charge in [-0.25, -0.2) is 4.98 Å². The molecule has 0 aromatic carbocycles. The van der Waals surface area contributed by atoms with Gasteiger partial charge in [0.05, 0.1) is 11.7 Å². The van der Waals surface area contributed by atoms with Crippen molar-refractivity contribution < 1.29 is 0 Å². The second-order valence-corrected chi connectivity index (χ2v) is 5.24. The molecular weight excluding hydrogens is 234 g/mol. The third kappa shape index (κ3) is 3.26. The van der Waals surface area contributed by atoms with E-state index in [1.807, 2.05) is 6.07 Å². The molecule has 0 saturated carbocycles. The van der Waals surface area contributed by atoms with Crippen LogP contribution in [0.4, 0.5) is 5.13 Å². The number of rotatable bonds is 5.